The molecule has 0 fully saturated rings. The van der Waals surface area contributed by atoms with Crippen LogP contribution in [0, 0.1) is 0 Å². The summed E-state index contributed by atoms with van der Waals surface area (Å²) in [6.07, 6.45) is 5.08. The maximum atomic E-state index is 3.67. The van der Waals surface area contributed by atoms with E-state index in [0.717, 1.165) is 0 Å². The smallest absolute Gasteiger partial charge is 0.0919 e. The summed E-state index contributed by atoms with van der Waals surface area (Å²) < 4.78 is 0. The number of hydrogen-bond acceptors (Lipinski definition) is 1. The van der Waals surface area contributed by atoms with Crippen LogP contribution in [-0.4, -0.2) is 9.97 Å². The van der Waals surface area contributed by atoms with Crippen molar-refractivity contribution in [2.75, 3.05) is 0 Å². The van der Waals surface area contributed by atoms with Gasteiger partial charge in [-0.05, 0) is 0 Å². The molecule has 5 heteroatoms. The SMILES string of the molecule is I[I-]I.c1c[nH]cn1. The van der Waals surface area contributed by atoms with Gasteiger partial charge < -0.3 is 4.98 Å². The van der Waals surface area contributed by atoms with Crippen LogP contribution in [0.2, 0.25) is 0 Å². The van der Waals surface area contributed by atoms with Crippen LogP contribution in [0.15, 0.2) is 18.7 Å². The largest absolute Gasteiger partial charge is 0.351 e. The van der Waals surface area contributed by atoms with Gasteiger partial charge in [0.05, 0.1) is 6.33 Å². The molecular weight excluding hydrogens is 445 g/mol. The predicted octanol–water partition coefficient (Wildman–Crippen LogP) is -0.815. The Labute approximate surface area is 77.8 Å². The molecule has 0 bridgehead atoms. The molecule has 1 aromatic rings. The van der Waals surface area contributed by atoms with Gasteiger partial charge in [-0.2, -0.15) is 0 Å². The van der Waals surface area contributed by atoms with Gasteiger partial charge in [0.2, 0.25) is 0 Å². The van der Waals surface area contributed by atoms with Crippen molar-refractivity contribution in [3.63, 3.8) is 0 Å². The average molecular weight is 449 g/mol. The normalized spacial score (nSPS) is 7.75. The molecule has 0 radical (unpaired) electrons. The minimum Gasteiger partial charge on any atom is -0.351 e. The molecule has 1 rings (SSSR count). The molecule has 1 N–H and O–H groups in total. The van der Waals surface area contributed by atoms with E-state index in [1.54, 1.807) is 18.7 Å². The molecule has 0 saturated heterocycles. The Balaban J connectivity index is 0.000000145. The van der Waals surface area contributed by atoms with Crippen LogP contribution in [0.1, 0.15) is 0 Å². The first-order valence-corrected chi connectivity index (χ1v) is 14.3. The van der Waals surface area contributed by atoms with Crippen molar-refractivity contribution in [2.24, 2.45) is 0 Å². The van der Waals surface area contributed by atoms with Gasteiger partial charge in [0, 0.05) is 12.4 Å². The molecule has 1 aromatic heterocycles. The molecule has 0 aliphatic heterocycles. The molecule has 48 valence electrons. The number of aromatic nitrogens is 2. The van der Waals surface area contributed by atoms with Crippen molar-refractivity contribution < 1.29 is 13.3 Å². The first kappa shape index (κ1) is 9.40. The Hall–Kier alpha value is 1.40. The monoisotopic (exact) mass is 449 g/mol. The standard InChI is InChI=1S/C3H4N2.I3/c1-2-5-3-4-1;1-3-2/h1-3H,(H,4,5);/q;-1. The molecule has 1 heterocycles. The summed E-state index contributed by atoms with van der Waals surface area (Å²) in [5, 5.41) is 0. The zero-order valence-corrected chi connectivity index (χ0v) is 10.3. The molecular formula is C3H4I3N2-. The van der Waals surface area contributed by atoms with Crippen LogP contribution in [0.4, 0.5) is 0 Å². The van der Waals surface area contributed by atoms with Gasteiger partial charge >= 0.3 is 50.5 Å². The number of aromatic amines is 1. The van der Waals surface area contributed by atoms with E-state index in [4.69, 9.17) is 0 Å². The zero-order chi connectivity index (χ0) is 6.24. The minimum absolute atomic E-state index is 0.530. The Bertz CT molecular complexity index is 79.4. The van der Waals surface area contributed by atoms with E-state index in [9.17, 15) is 0 Å². The predicted molar refractivity (Wildman–Crippen MR) is 46.6 cm³/mol. The van der Waals surface area contributed by atoms with Crippen LogP contribution in [0.25, 0.3) is 0 Å². The van der Waals surface area contributed by atoms with Crippen molar-refractivity contribution in [1.82, 2.24) is 9.97 Å². The van der Waals surface area contributed by atoms with E-state index < -0.39 is 0 Å². The second kappa shape index (κ2) is 8.40. The van der Waals surface area contributed by atoms with E-state index in [0.29, 0.717) is 13.3 Å². The van der Waals surface area contributed by atoms with Crippen LogP contribution in [-0.2, 0) is 0 Å². The number of hydrogen-bond donors (Lipinski definition) is 1. The summed E-state index contributed by atoms with van der Waals surface area (Å²) in [4.78, 5) is 6.42. The Kier molecular flexibility index (Phi) is 9.87. The summed E-state index contributed by atoms with van der Waals surface area (Å²) in [5.74, 6) is 0. The van der Waals surface area contributed by atoms with Crippen LogP contribution in [0.5, 0.6) is 0 Å². The van der Waals surface area contributed by atoms with Crippen molar-refractivity contribution in [3.8, 4) is 0 Å². The van der Waals surface area contributed by atoms with E-state index in [-0.39, 0.29) is 0 Å². The zero-order valence-electron chi connectivity index (χ0n) is 3.81. The van der Waals surface area contributed by atoms with Crippen LogP contribution >= 0.6 is 37.2 Å². The first-order chi connectivity index (χ1) is 3.91. The number of imidazole rings is 1. The summed E-state index contributed by atoms with van der Waals surface area (Å²) in [6.45, 7) is 0. The minimum atomic E-state index is 0.530. The number of H-pyrrole nitrogens is 1. The fourth-order valence-electron chi connectivity index (χ4n) is 0.215. The number of rotatable bonds is 0. The molecule has 0 aliphatic rings. The summed E-state index contributed by atoms with van der Waals surface area (Å²) in [6, 6.07) is 0. The average Bonchev–Trinajstić information content (AvgIpc) is 2.17. The van der Waals surface area contributed by atoms with Crippen molar-refractivity contribution in [1.29, 1.82) is 0 Å². The third-order valence-electron chi connectivity index (χ3n) is 0.406. The topological polar surface area (TPSA) is 28.7 Å². The summed E-state index contributed by atoms with van der Waals surface area (Å²) in [7, 11) is 0. The number of nitrogens with zero attached hydrogens (tertiary/aromatic N) is 1. The number of halogens is 3. The molecule has 0 atom stereocenters. The van der Waals surface area contributed by atoms with Gasteiger partial charge in [-0.25, -0.2) is 4.98 Å². The molecule has 0 aliphatic carbocycles. The van der Waals surface area contributed by atoms with Gasteiger partial charge in [0.1, 0.15) is 0 Å². The van der Waals surface area contributed by atoms with Crippen molar-refractivity contribution in [2.45, 2.75) is 0 Å². The van der Waals surface area contributed by atoms with Crippen molar-refractivity contribution in [3.05, 3.63) is 18.7 Å². The fourth-order valence-corrected chi connectivity index (χ4v) is 0.215. The maximum Gasteiger partial charge on any atom is 0.0919 e. The van der Waals surface area contributed by atoms with Gasteiger partial charge in [-0.15, -0.1) is 0 Å². The molecule has 8 heavy (non-hydrogen) atoms. The maximum absolute atomic E-state index is 3.67. The first-order valence-electron chi connectivity index (χ1n) is 1.71. The Morgan fingerprint density at radius 1 is 1.50 bits per heavy atom. The van der Waals surface area contributed by atoms with E-state index in [2.05, 4.69) is 47.2 Å². The second-order valence-electron chi connectivity index (χ2n) is 0.815. The van der Waals surface area contributed by atoms with Crippen LogP contribution < -0.4 is 13.3 Å². The molecule has 0 unspecified atom stereocenters. The Morgan fingerprint density at radius 2 is 2.12 bits per heavy atom. The third-order valence-corrected chi connectivity index (χ3v) is 0.406. The molecule has 2 nitrogen and oxygen atoms in total. The van der Waals surface area contributed by atoms with E-state index in [1.807, 2.05) is 0 Å². The van der Waals surface area contributed by atoms with Gasteiger partial charge in [0.25, 0.3) is 0 Å². The van der Waals surface area contributed by atoms with E-state index in [1.165, 1.54) is 0 Å². The third kappa shape index (κ3) is 7.40. The molecule has 0 amide bonds. The molecule has 0 spiro atoms. The summed E-state index contributed by atoms with van der Waals surface area (Å²) in [5.41, 5.74) is 0. The van der Waals surface area contributed by atoms with E-state index >= 15 is 0 Å². The molecule has 0 saturated carbocycles. The number of nitrogens with one attached hydrogen (secondary N) is 1. The van der Waals surface area contributed by atoms with Crippen LogP contribution in [0.3, 0.4) is 0 Å². The fraction of sp³-hybridized carbons (Fsp3) is 0. The van der Waals surface area contributed by atoms with Crippen molar-refractivity contribution >= 4 is 37.2 Å². The second-order valence-corrected chi connectivity index (χ2v) is 17.1. The van der Waals surface area contributed by atoms with Gasteiger partial charge in [0.15, 0.2) is 0 Å². The van der Waals surface area contributed by atoms with Gasteiger partial charge in [-0.3, -0.25) is 0 Å². The van der Waals surface area contributed by atoms with Gasteiger partial charge in [-0.1, -0.05) is 0 Å². The molecule has 0 aromatic carbocycles. The summed E-state index contributed by atoms with van der Waals surface area (Å²) >= 11 is 5.30. The quantitative estimate of drug-likeness (QED) is 0.517. The Morgan fingerprint density at radius 3 is 2.25 bits per heavy atom.